The number of hydrogen-bond donors (Lipinski definition) is 0. The van der Waals surface area contributed by atoms with Crippen LogP contribution in [0.3, 0.4) is 0 Å². The van der Waals surface area contributed by atoms with E-state index in [1.54, 1.807) is 0 Å². The molecule has 0 saturated carbocycles. The highest BCUT2D eigenvalue weighted by Crippen LogP contribution is 2.50. The van der Waals surface area contributed by atoms with Crippen LogP contribution in [0.5, 0.6) is 0 Å². The van der Waals surface area contributed by atoms with E-state index < -0.39 is 0 Å². The molecule has 0 bridgehead atoms. The van der Waals surface area contributed by atoms with Gasteiger partial charge in [-0.3, -0.25) is 0 Å². The fraction of sp³-hybridized carbons (Fsp3) is 0.0492. The highest BCUT2D eigenvalue weighted by Gasteiger charge is 2.35. The van der Waals surface area contributed by atoms with Crippen LogP contribution >= 0.6 is 0 Å². The number of rotatable bonds is 7. The highest BCUT2D eigenvalue weighted by molar-refractivity contribution is 6.16. The number of fused-ring (bicyclic) bond motifs is 7. The fourth-order valence-corrected chi connectivity index (χ4v) is 10.3. The average molecular weight is 805 g/mol. The van der Waals surface area contributed by atoms with Crippen molar-refractivity contribution in [2.75, 3.05) is 4.90 Å². The first kappa shape index (κ1) is 36.9. The van der Waals surface area contributed by atoms with Crippen molar-refractivity contribution in [1.29, 1.82) is 0 Å². The lowest BCUT2D eigenvalue weighted by Gasteiger charge is -2.26. The first-order valence-corrected chi connectivity index (χ1v) is 21.9. The summed E-state index contributed by atoms with van der Waals surface area (Å²) >= 11 is 0. The van der Waals surface area contributed by atoms with Gasteiger partial charge >= 0.3 is 0 Å². The van der Waals surface area contributed by atoms with Crippen LogP contribution in [-0.4, -0.2) is 4.57 Å². The first-order valence-electron chi connectivity index (χ1n) is 21.9. The van der Waals surface area contributed by atoms with Crippen LogP contribution < -0.4 is 4.90 Å². The largest absolute Gasteiger partial charge is 0.310 e. The van der Waals surface area contributed by atoms with Gasteiger partial charge in [0.2, 0.25) is 0 Å². The minimum Gasteiger partial charge on any atom is -0.310 e. The van der Waals surface area contributed by atoms with Gasteiger partial charge in [-0.1, -0.05) is 184 Å². The van der Waals surface area contributed by atoms with E-state index in [0.29, 0.717) is 0 Å². The zero-order chi connectivity index (χ0) is 42.1. The molecule has 0 fully saturated rings. The molecule has 0 N–H and O–H groups in total. The predicted molar refractivity (Wildman–Crippen MR) is 267 cm³/mol. The minimum absolute atomic E-state index is 0.0819. The molecule has 0 radical (unpaired) electrons. The summed E-state index contributed by atoms with van der Waals surface area (Å²) in [5.74, 6) is 0. The van der Waals surface area contributed by atoms with E-state index in [-0.39, 0.29) is 5.41 Å². The van der Waals surface area contributed by atoms with E-state index in [4.69, 9.17) is 0 Å². The van der Waals surface area contributed by atoms with Crippen molar-refractivity contribution in [1.82, 2.24) is 4.57 Å². The van der Waals surface area contributed by atoms with Crippen molar-refractivity contribution in [2.24, 2.45) is 0 Å². The third-order valence-electron chi connectivity index (χ3n) is 13.4. The molecule has 1 aliphatic rings. The van der Waals surface area contributed by atoms with Crippen LogP contribution in [0.15, 0.2) is 231 Å². The Labute approximate surface area is 368 Å². The van der Waals surface area contributed by atoms with Crippen molar-refractivity contribution < 1.29 is 0 Å². The molecule has 0 unspecified atom stereocenters. The second kappa shape index (κ2) is 14.6. The fourth-order valence-electron chi connectivity index (χ4n) is 10.3. The Bertz CT molecular complexity index is 3510. The van der Waals surface area contributed by atoms with Gasteiger partial charge in [0, 0.05) is 38.9 Å². The van der Waals surface area contributed by atoms with Gasteiger partial charge in [-0.25, -0.2) is 0 Å². The Morgan fingerprint density at radius 2 is 0.921 bits per heavy atom. The van der Waals surface area contributed by atoms with Crippen LogP contribution in [0.4, 0.5) is 17.1 Å². The molecule has 1 aromatic heterocycles. The zero-order valence-corrected chi connectivity index (χ0v) is 35.3. The van der Waals surface area contributed by atoms with Crippen LogP contribution in [-0.2, 0) is 5.41 Å². The lowest BCUT2D eigenvalue weighted by molar-refractivity contribution is 0.660. The lowest BCUT2D eigenvalue weighted by atomic mass is 9.82. The molecule has 11 aromatic rings. The molecule has 2 heteroatoms. The van der Waals surface area contributed by atoms with E-state index in [1.165, 1.54) is 93.9 Å². The zero-order valence-electron chi connectivity index (χ0n) is 35.3. The Morgan fingerprint density at radius 1 is 0.349 bits per heavy atom. The van der Waals surface area contributed by atoms with E-state index in [1.807, 2.05) is 0 Å². The standard InChI is InChI=1S/C61H44N2/c1-61(2)56-26-10-8-22-53(56)54-38-37-49(40-57(54)61)63-58-27-11-9-23-55(58)60-52(25-14-28-59(60)63)45-17-12-20-48(39-45)62(46-18-4-3-5-19-46)47-35-33-42(34-36-47)41-29-31-44(32-30-41)51-24-13-16-43-15-6-7-21-50(43)51/h3-40H,1-2H3. The Hall–Kier alpha value is -7.94. The van der Waals surface area contributed by atoms with Crippen molar-refractivity contribution in [2.45, 2.75) is 19.3 Å². The summed E-state index contributed by atoms with van der Waals surface area (Å²) in [4.78, 5) is 2.37. The molecule has 0 amide bonds. The second-order valence-corrected chi connectivity index (χ2v) is 17.3. The van der Waals surface area contributed by atoms with E-state index in [9.17, 15) is 0 Å². The summed E-state index contributed by atoms with van der Waals surface area (Å²) in [5, 5.41) is 5.04. The molecule has 12 rings (SSSR count). The molecule has 1 heterocycles. The Kier molecular flexibility index (Phi) is 8.55. The van der Waals surface area contributed by atoms with Crippen molar-refractivity contribution in [3.63, 3.8) is 0 Å². The normalized spacial score (nSPS) is 12.7. The molecule has 1 aliphatic carbocycles. The summed E-state index contributed by atoms with van der Waals surface area (Å²) in [5.41, 5.74) is 19.5. The second-order valence-electron chi connectivity index (χ2n) is 17.3. The Morgan fingerprint density at radius 3 is 1.76 bits per heavy atom. The smallest absolute Gasteiger partial charge is 0.0547 e. The molecule has 0 spiro atoms. The van der Waals surface area contributed by atoms with Gasteiger partial charge in [0.05, 0.1) is 11.0 Å². The molecule has 298 valence electrons. The molecule has 0 aliphatic heterocycles. The highest BCUT2D eigenvalue weighted by atomic mass is 15.1. The topological polar surface area (TPSA) is 8.17 Å². The monoisotopic (exact) mass is 804 g/mol. The lowest BCUT2D eigenvalue weighted by Crippen LogP contribution is -2.15. The van der Waals surface area contributed by atoms with Gasteiger partial charge in [-0.05, 0) is 127 Å². The van der Waals surface area contributed by atoms with Gasteiger partial charge < -0.3 is 9.47 Å². The maximum atomic E-state index is 2.46. The van der Waals surface area contributed by atoms with Gasteiger partial charge in [-0.2, -0.15) is 0 Å². The molecule has 0 saturated heterocycles. The number of para-hydroxylation sites is 2. The number of aromatic nitrogens is 1. The molecule has 0 atom stereocenters. The van der Waals surface area contributed by atoms with Gasteiger partial charge in [0.1, 0.15) is 0 Å². The Balaban J connectivity index is 0.926. The first-order chi connectivity index (χ1) is 31.0. The summed E-state index contributed by atoms with van der Waals surface area (Å²) in [6, 6.07) is 84.5. The van der Waals surface area contributed by atoms with Crippen LogP contribution in [0.25, 0.3) is 82.8 Å². The average Bonchev–Trinajstić information content (AvgIpc) is 3.80. The molecule has 2 nitrogen and oxygen atoms in total. The summed E-state index contributed by atoms with van der Waals surface area (Å²) < 4.78 is 2.46. The van der Waals surface area contributed by atoms with E-state index >= 15 is 0 Å². The minimum atomic E-state index is -0.0819. The predicted octanol–water partition coefficient (Wildman–Crippen LogP) is 16.7. The molecule has 10 aromatic carbocycles. The van der Waals surface area contributed by atoms with E-state index in [2.05, 4.69) is 254 Å². The van der Waals surface area contributed by atoms with Crippen molar-refractivity contribution in [3.8, 4) is 50.2 Å². The third kappa shape index (κ3) is 6.02. The van der Waals surface area contributed by atoms with Crippen LogP contribution in [0.1, 0.15) is 25.0 Å². The number of hydrogen-bond acceptors (Lipinski definition) is 1. The van der Waals surface area contributed by atoms with Gasteiger partial charge in [0.15, 0.2) is 0 Å². The number of nitrogens with zero attached hydrogens (tertiary/aromatic N) is 2. The number of benzene rings is 10. The SMILES string of the molecule is CC1(C)c2ccccc2-c2ccc(-n3c4ccccc4c4c(-c5cccc(N(c6ccccc6)c6ccc(-c7ccc(-c8cccc9ccccc89)cc7)cc6)c5)cccc43)cc21. The maximum Gasteiger partial charge on any atom is 0.0547 e. The quantitative estimate of drug-likeness (QED) is 0.156. The van der Waals surface area contributed by atoms with Crippen molar-refractivity contribution >= 4 is 49.6 Å². The summed E-state index contributed by atoms with van der Waals surface area (Å²) in [7, 11) is 0. The molecule has 63 heavy (non-hydrogen) atoms. The van der Waals surface area contributed by atoms with Crippen LogP contribution in [0.2, 0.25) is 0 Å². The van der Waals surface area contributed by atoms with Crippen molar-refractivity contribution in [3.05, 3.63) is 242 Å². The van der Waals surface area contributed by atoms with Gasteiger partial charge in [-0.15, -0.1) is 0 Å². The van der Waals surface area contributed by atoms with Crippen LogP contribution in [0, 0.1) is 0 Å². The third-order valence-corrected chi connectivity index (χ3v) is 13.4. The van der Waals surface area contributed by atoms with Gasteiger partial charge in [0.25, 0.3) is 0 Å². The maximum absolute atomic E-state index is 2.46. The summed E-state index contributed by atoms with van der Waals surface area (Å²) in [6.07, 6.45) is 0. The molecular formula is C61H44N2. The van der Waals surface area contributed by atoms with E-state index in [0.717, 1.165) is 17.1 Å². The number of anilines is 3. The molecular weight excluding hydrogens is 761 g/mol. The summed E-state index contributed by atoms with van der Waals surface area (Å²) in [6.45, 7) is 4.72.